The standard InChI is InChI=1S/C24H30N4O2.C2HF3O2/c1-16(2)7-11-28-19-5-3-9-25-22(19)27-10-4-6-20(27)24(28)8-12-26(15-24)23(29)21-17-13-30-14-18(17)21;3-2(4,5)1(6)7/h3-6,9-10,16-18,21H,7-8,11-15H2,1-2H3;(H,6,7)/t17-,18+,21?,24?;. The maximum Gasteiger partial charge on any atom is 0.490 e. The van der Waals surface area contributed by atoms with E-state index in [0.717, 1.165) is 51.5 Å². The van der Waals surface area contributed by atoms with Crippen LogP contribution in [0.1, 0.15) is 32.4 Å². The number of aromatic nitrogens is 2. The molecule has 6 rings (SSSR count). The summed E-state index contributed by atoms with van der Waals surface area (Å²) in [6.45, 7) is 8.66. The van der Waals surface area contributed by atoms with E-state index in [9.17, 15) is 18.0 Å². The SMILES string of the molecule is CC(C)CCN1c2cccnc2-n2cccc2C12CCN(C(=O)C1[C@H]3COC[C@@H]13)C2.O=C(O)C(F)(F)F. The van der Waals surface area contributed by atoms with Gasteiger partial charge in [-0.05, 0) is 54.9 Å². The molecule has 2 unspecified atom stereocenters. The largest absolute Gasteiger partial charge is 0.490 e. The Labute approximate surface area is 213 Å². The molecule has 2 saturated heterocycles. The maximum absolute atomic E-state index is 13.3. The monoisotopic (exact) mass is 520 g/mol. The normalized spacial score (nSPS) is 27.5. The Balaban J connectivity index is 0.000000355. The van der Waals surface area contributed by atoms with Crippen molar-refractivity contribution in [2.24, 2.45) is 23.7 Å². The van der Waals surface area contributed by atoms with Gasteiger partial charge < -0.3 is 24.2 Å². The number of anilines is 1. The van der Waals surface area contributed by atoms with Crippen molar-refractivity contribution < 1.29 is 32.6 Å². The highest BCUT2D eigenvalue weighted by atomic mass is 19.4. The summed E-state index contributed by atoms with van der Waals surface area (Å²) in [7, 11) is 0. The molecule has 2 aromatic heterocycles. The number of carbonyl (C=O) groups excluding carboxylic acids is 1. The smallest absolute Gasteiger partial charge is 0.475 e. The molecule has 1 spiro atoms. The molecule has 2 aromatic rings. The highest BCUT2D eigenvalue weighted by molar-refractivity contribution is 5.83. The third-order valence-corrected chi connectivity index (χ3v) is 8.00. The minimum atomic E-state index is -5.08. The Kier molecular flexibility index (Phi) is 6.45. The lowest BCUT2D eigenvalue weighted by molar-refractivity contribution is -0.192. The number of carboxylic acid groups (broad SMARTS) is 1. The van der Waals surface area contributed by atoms with Gasteiger partial charge in [-0.15, -0.1) is 0 Å². The van der Waals surface area contributed by atoms with Crippen LogP contribution in [0.15, 0.2) is 36.7 Å². The number of carboxylic acids is 1. The number of aliphatic carboxylic acids is 1. The van der Waals surface area contributed by atoms with Crippen LogP contribution in [-0.2, 0) is 19.9 Å². The number of fused-ring (bicyclic) bond motifs is 5. The highest BCUT2D eigenvalue weighted by Gasteiger charge is 2.61. The molecule has 0 aromatic carbocycles. The van der Waals surface area contributed by atoms with Crippen molar-refractivity contribution in [1.82, 2.24) is 14.5 Å². The van der Waals surface area contributed by atoms with E-state index in [2.05, 4.69) is 52.6 Å². The third-order valence-electron chi connectivity index (χ3n) is 8.00. The number of ether oxygens (including phenoxy) is 1. The first kappa shape index (κ1) is 25.6. The van der Waals surface area contributed by atoms with Crippen LogP contribution >= 0.6 is 0 Å². The summed E-state index contributed by atoms with van der Waals surface area (Å²) < 4.78 is 39.5. The second-order valence-corrected chi connectivity index (χ2v) is 10.7. The van der Waals surface area contributed by atoms with E-state index in [0.29, 0.717) is 23.7 Å². The minimum absolute atomic E-state index is 0.176. The molecule has 3 fully saturated rings. The number of amides is 1. The van der Waals surface area contributed by atoms with Crippen LogP contribution in [0.5, 0.6) is 0 Å². The summed E-state index contributed by atoms with van der Waals surface area (Å²) in [6.07, 6.45) is 0.998. The molecule has 1 N–H and O–H groups in total. The maximum atomic E-state index is 13.3. The molecule has 37 heavy (non-hydrogen) atoms. The number of hydrogen-bond donors (Lipinski definition) is 1. The molecule has 4 aliphatic rings. The van der Waals surface area contributed by atoms with E-state index in [1.807, 2.05) is 12.3 Å². The number of rotatable bonds is 4. The molecule has 1 amide bonds. The average Bonchev–Trinajstić information content (AvgIpc) is 3.32. The minimum Gasteiger partial charge on any atom is -0.475 e. The van der Waals surface area contributed by atoms with Gasteiger partial charge in [0, 0.05) is 37.9 Å². The quantitative estimate of drug-likeness (QED) is 0.662. The molecular weight excluding hydrogens is 489 g/mol. The Hall–Kier alpha value is -3.08. The summed E-state index contributed by atoms with van der Waals surface area (Å²) in [6, 6.07) is 8.58. The van der Waals surface area contributed by atoms with Gasteiger partial charge >= 0.3 is 12.1 Å². The zero-order chi connectivity index (χ0) is 26.5. The lowest BCUT2D eigenvalue weighted by atomic mass is 9.88. The highest BCUT2D eigenvalue weighted by Crippen LogP contribution is 2.53. The first-order valence-corrected chi connectivity index (χ1v) is 12.6. The van der Waals surface area contributed by atoms with E-state index < -0.39 is 12.1 Å². The van der Waals surface area contributed by atoms with Crippen molar-refractivity contribution in [2.45, 2.75) is 38.4 Å². The molecule has 0 bridgehead atoms. The molecular formula is C26H31F3N4O4. The molecule has 4 atom stereocenters. The van der Waals surface area contributed by atoms with Crippen LogP contribution < -0.4 is 4.90 Å². The number of alkyl halides is 3. The molecule has 0 radical (unpaired) electrons. The zero-order valence-corrected chi connectivity index (χ0v) is 20.8. The van der Waals surface area contributed by atoms with Crippen molar-refractivity contribution in [1.29, 1.82) is 0 Å². The number of halogens is 3. The van der Waals surface area contributed by atoms with Gasteiger partial charge in [0.15, 0.2) is 5.82 Å². The van der Waals surface area contributed by atoms with Gasteiger partial charge in [-0.25, -0.2) is 9.78 Å². The number of pyridine rings is 1. The third kappa shape index (κ3) is 4.47. The summed E-state index contributed by atoms with van der Waals surface area (Å²) in [5.74, 6) is 0.350. The Morgan fingerprint density at radius 1 is 1.22 bits per heavy atom. The second kappa shape index (κ2) is 9.34. The Morgan fingerprint density at radius 3 is 2.57 bits per heavy atom. The van der Waals surface area contributed by atoms with Crippen molar-refractivity contribution in [3.05, 3.63) is 42.4 Å². The second-order valence-electron chi connectivity index (χ2n) is 10.7. The van der Waals surface area contributed by atoms with E-state index >= 15 is 0 Å². The van der Waals surface area contributed by atoms with Crippen molar-refractivity contribution >= 4 is 17.6 Å². The molecule has 11 heteroatoms. The predicted molar refractivity (Wildman–Crippen MR) is 128 cm³/mol. The van der Waals surface area contributed by atoms with Crippen molar-refractivity contribution in [3.8, 4) is 5.82 Å². The number of carbonyl (C=O) groups is 2. The molecule has 200 valence electrons. The molecule has 1 aliphatic carbocycles. The van der Waals surface area contributed by atoms with Gasteiger partial charge in [0.2, 0.25) is 5.91 Å². The van der Waals surface area contributed by atoms with Gasteiger partial charge in [-0.3, -0.25) is 4.79 Å². The zero-order valence-electron chi connectivity index (χ0n) is 20.8. The lowest BCUT2D eigenvalue weighted by Gasteiger charge is -2.47. The van der Waals surface area contributed by atoms with Gasteiger partial charge in [0.05, 0.1) is 24.6 Å². The first-order chi connectivity index (χ1) is 17.5. The molecule has 5 heterocycles. The van der Waals surface area contributed by atoms with Gasteiger partial charge in [-0.1, -0.05) is 13.8 Å². The van der Waals surface area contributed by atoms with Crippen LogP contribution in [0.3, 0.4) is 0 Å². The predicted octanol–water partition coefficient (Wildman–Crippen LogP) is 3.69. The fourth-order valence-electron chi connectivity index (χ4n) is 6.05. The number of nitrogens with zero attached hydrogens (tertiary/aromatic N) is 4. The van der Waals surface area contributed by atoms with Gasteiger partial charge in [-0.2, -0.15) is 13.2 Å². The van der Waals surface area contributed by atoms with Gasteiger partial charge in [0.1, 0.15) is 5.54 Å². The fraction of sp³-hybridized carbons (Fsp3) is 0.577. The number of likely N-dealkylation sites (tertiary alicyclic amines) is 1. The van der Waals surface area contributed by atoms with Crippen LogP contribution in [-0.4, -0.2) is 70.5 Å². The average molecular weight is 521 g/mol. The van der Waals surface area contributed by atoms with Crippen LogP contribution in [0.4, 0.5) is 18.9 Å². The van der Waals surface area contributed by atoms with Crippen LogP contribution in [0.25, 0.3) is 5.82 Å². The van der Waals surface area contributed by atoms with Crippen LogP contribution in [0.2, 0.25) is 0 Å². The topological polar surface area (TPSA) is 87.9 Å². The Morgan fingerprint density at radius 2 is 1.92 bits per heavy atom. The van der Waals surface area contributed by atoms with E-state index in [1.54, 1.807) is 0 Å². The fourth-order valence-corrected chi connectivity index (χ4v) is 6.05. The van der Waals surface area contributed by atoms with Crippen LogP contribution in [0, 0.1) is 23.7 Å². The first-order valence-electron chi connectivity index (χ1n) is 12.6. The van der Waals surface area contributed by atoms with Crippen molar-refractivity contribution in [2.75, 3.05) is 37.7 Å². The van der Waals surface area contributed by atoms with E-state index in [1.165, 1.54) is 11.4 Å². The van der Waals surface area contributed by atoms with Crippen molar-refractivity contribution in [3.63, 3.8) is 0 Å². The Bertz CT molecular complexity index is 1170. The summed E-state index contributed by atoms with van der Waals surface area (Å²) in [4.78, 5) is 31.7. The molecule has 1 saturated carbocycles. The van der Waals surface area contributed by atoms with E-state index in [-0.39, 0.29) is 11.5 Å². The molecule has 3 aliphatic heterocycles. The summed E-state index contributed by atoms with van der Waals surface area (Å²) in [5.41, 5.74) is 2.28. The van der Waals surface area contributed by atoms with E-state index in [4.69, 9.17) is 19.6 Å². The lowest BCUT2D eigenvalue weighted by Crippen LogP contribution is -2.53. The summed E-state index contributed by atoms with van der Waals surface area (Å²) in [5, 5.41) is 7.12. The van der Waals surface area contributed by atoms with Gasteiger partial charge in [0.25, 0.3) is 0 Å². The summed E-state index contributed by atoms with van der Waals surface area (Å²) >= 11 is 0. The molecule has 8 nitrogen and oxygen atoms in total. The number of hydrogen-bond acceptors (Lipinski definition) is 5.